The van der Waals surface area contributed by atoms with Gasteiger partial charge in [-0.15, -0.1) is 0 Å². The summed E-state index contributed by atoms with van der Waals surface area (Å²) in [5.74, 6) is 1.45. The average Bonchev–Trinajstić information content (AvgIpc) is 2.32. The maximum atomic E-state index is 5.11. The van der Waals surface area contributed by atoms with Crippen molar-refractivity contribution in [1.82, 2.24) is 9.97 Å². The Balaban J connectivity index is 2.99. The number of rotatable bonds is 7. The van der Waals surface area contributed by atoms with Gasteiger partial charge in [-0.3, -0.25) is 0 Å². The minimum Gasteiger partial charge on any atom is -0.378 e. The molecule has 0 aliphatic heterocycles. The summed E-state index contributed by atoms with van der Waals surface area (Å²) in [7, 11) is 3.27. The van der Waals surface area contributed by atoms with Crippen molar-refractivity contribution in [2.75, 3.05) is 26.1 Å². The van der Waals surface area contributed by atoms with Gasteiger partial charge < -0.3 is 14.8 Å². The first-order valence-corrected chi connectivity index (χ1v) is 6.29. The zero-order valence-electron chi connectivity index (χ0n) is 10.4. The van der Waals surface area contributed by atoms with Gasteiger partial charge in [0, 0.05) is 20.8 Å². The fraction of sp³-hybridized carbons (Fsp3) is 0.636. The Kier molecular flexibility index (Phi) is 6.39. The van der Waals surface area contributed by atoms with Gasteiger partial charge in [0.05, 0.1) is 16.8 Å². The monoisotopic (exact) mass is 303 g/mol. The van der Waals surface area contributed by atoms with E-state index in [1.54, 1.807) is 14.2 Å². The third-order valence-corrected chi connectivity index (χ3v) is 2.90. The molecule has 0 amide bonds. The van der Waals surface area contributed by atoms with Crippen LogP contribution in [0.4, 0.5) is 5.82 Å². The molecule has 0 atom stereocenters. The van der Waals surface area contributed by atoms with Crippen LogP contribution in [-0.2, 0) is 22.7 Å². The number of halogens is 1. The Bertz CT molecular complexity index is 361. The SMILES string of the molecule is CCCNc1nc(COC)nc(COC)c1Br. The molecule has 0 radical (unpaired) electrons. The van der Waals surface area contributed by atoms with E-state index in [1.165, 1.54) is 0 Å². The summed E-state index contributed by atoms with van der Waals surface area (Å²) in [6.45, 7) is 3.81. The highest BCUT2D eigenvalue weighted by Crippen LogP contribution is 2.24. The molecule has 0 bridgehead atoms. The van der Waals surface area contributed by atoms with E-state index < -0.39 is 0 Å². The zero-order chi connectivity index (χ0) is 12.7. The number of anilines is 1. The molecule has 17 heavy (non-hydrogen) atoms. The van der Waals surface area contributed by atoms with Crippen LogP contribution in [0.3, 0.4) is 0 Å². The second-order valence-corrected chi connectivity index (χ2v) is 4.33. The lowest BCUT2D eigenvalue weighted by Crippen LogP contribution is -2.10. The number of aromatic nitrogens is 2. The Morgan fingerprint density at radius 1 is 1.18 bits per heavy atom. The van der Waals surface area contributed by atoms with E-state index in [2.05, 4.69) is 38.1 Å². The minimum atomic E-state index is 0.394. The van der Waals surface area contributed by atoms with E-state index in [0.29, 0.717) is 19.0 Å². The molecule has 1 aromatic rings. The van der Waals surface area contributed by atoms with Crippen molar-refractivity contribution in [3.05, 3.63) is 16.0 Å². The lowest BCUT2D eigenvalue weighted by atomic mass is 10.3. The molecule has 96 valence electrons. The van der Waals surface area contributed by atoms with Crippen LogP contribution in [0, 0.1) is 0 Å². The van der Waals surface area contributed by atoms with Gasteiger partial charge >= 0.3 is 0 Å². The van der Waals surface area contributed by atoms with Gasteiger partial charge in [-0.2, -0.15) is 0 Å². The van der Waals surface area contributed by atoms with E-state index in [0.717, 1.165) is 29.0 Å². The topological polar surface area (TPSA) is 56.3 Å². The molecule has 0 aliphatic carbocycles. The number of ether oxygens (including phenoxy) is 2. The summed E-state index contributed by atoms with van der Waals surface area (Å²) >= 11 is 3.49. The first-order chi connectivity index (χ1) is 8.22. The van der Waals surface area contributed by atoms with Crippen LogP contribution in [0.5, 0.6) is 0 Å². The van der Waals surface area contributed by atoms with Crippen LogP contribution in [0.25, 0.3) is 0 Å². The molecule has 0 saturated carbocycles. The van der Waals surface area contributed by atoms with Crippen molar-refractivity contribution in [3.63, 3.8) is 0 Å². The van der Waals surface area contributed by atoms with Crippen molar-refractivity contribution in [1.29, 1.82) is 0 Å². The molecule has 0 saturated heterocycles. The summed E-state index contributed by atoms with van der Waals surface area (Å²) in [5, 5.41) is 3.25. The van der Waals surface area contributed by atoms with Gasteiger partial charge in [0.25, 0.3) is 0 Å². The highest BCUT2D eigenvalue weighted by Gasteiger charge is 2.11. The summed E-state index contributed by atoms with van der Waals surface area (Å²) in [5.41, 5.74) is 0.827. The lowest BCUT2D eigenvalue weighted by molar-refractivity contribution is 0.170. The van der Waals surface area contributed by atoms with E-state index >= 15 is 0 Å². The number of methoxy groups -OCH3 is 2. The molecule has 1 N–H and O–H groups in total. The van der Waals surface area contributed by atoms with E-state index in [9.17, 15) is 0 Å². The Hall–Kier alpha value is -0.720. The molecule has 1 rings (SSSR count). The standard InChI is InChI=1S/C11H18BrN3O2/c1-4-5-13-11-10(12)8(6-16-2)14-9(15-11)7-17-3/h4-7H2,1-3H3,(H,13,14,15). The normalized spacial score (nSPS) is 10.6. The summed E-state index contributed by atoms with van der Waals surface area (Å²) < 4.78 is 11.0. The van der Waals surface area contributed by atoms with Crippen molar-refractivity contribution in [2.45, 2.75) is 26.6 Å². The van der Waals surface area contributed by atoms with Crippen LogP contribution in [0.1, 0.15) is 24.9 Å². The first kappa shape index (κ1) is 14.3. The Morgan fingerprint density at radius 3 is 2.47 bits per heavy atom. The highest BCUT2D eigenvalue weighted by atomic mass is 79.9. The Labute approximate surface area is 110 Å². The fourth-order valence-electron chi connectivity index (χ4n) is 1.33. The van der Waals surface area contributed by atoms with E-state index in [4.69, 9.17) is 9.47 Å². The molecule has 0 aliphatic rings. The quantitative estimate of drug-likeness (QED) is 0.838. The number of nitrogens with one attached hydrogen (secondary N) is 1. The van der Waals surface area contributed by atoms with Gasteiger partial charge in [-0.25, -0.2) is 9.97 Å². The van der Waals surface area contributed by atoms with Crippen molar-refractivity contribution < 1.29 is 9.47 Å². The van der Waals surface area contributed by atoms with Crippen LogP contribution < -0.4 is 5.32 Å². The third-order valence-electron chi connectivity index (χ3n) is 2.06. The summed E-state index contributed by atoms with van der Waals surface area (Å²) in [4.78, 5) is 8.77. The first-order valence-electron chi connectivity index (χ1n) is 5.50. The van der Waals surface area contributed by atoms with Crippen LogP contribution in [-0.4, -0.2) is 30.7 Å². The van der Waals surface area contributed by atoms with E-state index in [1.807, 2.05) is 0 Å². The smallest absolute Gasteiger partial charge is 0.156 e. The second-order valence-electron chi connectivity index (χ2n) is 3.54. The van der Waals surface area contributed by atoms with Crippen LogP contribution in [0.15, 0.2) is 4.47 Å². The van der Waals surface area contributed by atoms with Gasteiger partial charge in [-0.1, -0.05) is 6.92 Å². The molecule has 0 fully saturated rings. The second kappa shape index (κ2) is 7.58. The fourth-order valence-corrected chi connectivity index (χ4v) is 1.76. The number of hydrogen-bond acceptors (Lipinski definition) is 5. The predicted molar refractivity (Wildman–Crippen MR) is 69.9 cm³/mol. The summed E-state index contributed by atoms with van der Waals surface area (Å²) in [6.07, 6.45) is 1.04. The largest absolute Gasteiger partial charge is 0.378 e. The van der Waals surface area contributed by atoms with Gasteiger partial charge in [0.2, 0.25) is 0 Å². The molecule has 5 nitrogen and oxygen atoms in total. The molecule has 0 aromatic carbocycles. The third kappa shape index (κ3) is 4.22. The molecular formula is C11H18BrN3O2. The number of nitrogens with zero attached hydrogens (tertiary/aromatic N) is 2. The van der Waals surface area contributed by atoms with Gasteiger partial charge in [-0.05, 0) is 22.4 Å². The predicted octanol–water partition coefficient (Wildman–Crippen LogP) is 2.35. The number of hydrogen-bond donors (Lipinski definition) is 1. The average molecular weight is 304 g/mol. The van der Waals surface area contributed by atoms with Crippen LogP contribution in [0.2, 0.25) is 0 Å². The summed E-state index contributed by atoms with van der Waals surface area (Å²) in [6, 6.07) is 0. The Morgan fingerprint density at radius 2 is 1.88 bits per heavy atom. The molecule has 1 heterocycles. The van der Waals surface area contributed by atoms with Crippen molar-refractivity contribution in [2.24, 2.45) is 0 Å². The molecular weight excluding hydrogens is 286 g/mol. The molecule has 1 aromatic heterocycles. The molecule has 0 spiro atoms. The molecule has 0 unspecified atom stereocenters. The maximum Gasteiger partial charge on any atom is 0.156 e. The molecule has 6 heteroatoms. The highest BCUT2D eigenvalue weighted by molar-refractivity contribution is 9.10. The minimum absolute atomic E-state index is 0.394. The van der Waals surface area contributed by atoms with E-state index in [-0.39, 0.29) is 0 Å². The zero-order valence-corrected chi connectivity index (χ0v) is 12.0. The maximum absolute atomic E-state index is 5.11. The van der Waals surface area contributed by atoms with Gasteiger partial charge in [0.1, 0.15) is 12.4 Å². The van der Waals surface area contributed by atoms with Crippen molar-refractivity contribution in [3.8, 4) is 0 Å². The van der Waals surface area contributed by atoms with Crippen molar-refractivity contribution >= 4 is 21.7 Å². The lowest BCUT2D eigenvalue weighted by Gasteiger charge is -2.12. The van der Waals surface area contributed by atoms with Gasteiger partial charge in [0.15, 0.2) is 5.82 Å². The van der Waals surface area contributed by atoms with Crippen LogP contribution >= 0.6 is 15.9 Å².